The lowest BCUT2D eigenvalue weighted by Gasteiger charge is -2.22. The van der Waals surface area contributed by atoms with E-state index in [1.807, 2.05) is 58.6 Å². The van der Waals surface area contributed by atoms with Gasteiger partial charge in [-0.25, -0.2) is 9.59 Å². The van der Waals surface area contributed by atoms with E-state index in [9.17, 15) is 9.59 Å². The van der Waals surface area contributed by atoms with Crippen molar-refractivity contribution in [3.63, 3.8) is 0 Å². The van der Waals surface area contributed by atoms with Crippen LogP contribution in [0.15, 0.2) is 57.0 Å². The summed E-state index contributed by atoms with van der Waals surface area (Å²) in [5.74, 6) is 1.47. The number of fused-ring (bicyclic) bond motifs is 2. The molecule has 296 valence electrons. The minimum absolute atomic E-state index is 0.0467. The van der Waals surface area contributed by atoms with Crippen LogP contribution >= 0.6 is 35.3 Å². The van der Waals surface area contributed by atoms with Crippen molar-refractivity contribution >= 4 is 69.2 Å². The number of thioether (sulfide) groups is 3. The van der Waals surface area contributed by atoms with Crippen molar-refractivity contribution in [2.75, 3.05) is 43.1 Å². The second-order valence-electron chi connectivity index (χ2n) is 13.3. The average molecular weight is 802 g/mol. The molecule has 0 spiro atoms. The van der Waals surface area contributed by atoms with Crippen LogP contribution in [0.4, 0.5) is 0 Å². The van der Waals surface area contributed by atoms with Gasteiger partial charge in [-0.05, 0) is 95.8 Å². The quantitative estimate of drug-likeness (QED) is 0.0332. The molecule has 0 amide bonds. The van der Waals surface area contributed by atoms with Crippen molar-refractivity contribution < 1.29 is 33.0 Å². The van der Waals surface area contributed by atoms with Crippen LogP contribution in [0, 0.1) is 0 Å². The lowest BCUT2D eigenvalue weighted by molar-refractivity contribution is -0.136. The van der Waals surface area contributed by atoms with Gasteiger partial charge in [0.25, 0.3) is 0 Å². The molecule has 0 saturated carbocycles. The van der Waals surface area contributed by atoms with Crippen LogP contribution in [0.5, 0.6) is 23.0 Å². The number of allylic oxidation sites excluding steroid dienone is 4. The van der Waals surface area contributed by atoms with Crippen LogP contribution in [0.3, 0.4) is 0 Å². The van der Waals surface area contributed by atoms with Gasteiger partial charge in [-0.3, -0.25) is 4.79 Å². The lowest BCUT2D eigenvalue weighted by atomic mass is 9.98. The second-order valence-corrected chi connectivity index (χ2v) is 16.2. The van der Waals surface area contributed by atoms with E-state index in [1.54, 1.807) is 35.3 Å². The van der Waals surface area contributed by atoms with Gasteiger partial charge < -0.3 is 40.6 Å². The lowest BCUT2D eigenvalue weighted by Crippen LogP contribution is -2.35. The first kappa shape index (κ1) is 45.0. The maximum atomic E-state index is 15.0. The Morgan fingerprint density at radius 3 is 1.69 bits per heavy atom. The molecule has 6 N–H and O–H groups in total. The smallest absolute Gasteiger partial charge is 0.328 e. The van der Waals surface area contributed by atoms with Gasteiger partial charge in [0.05, 0.1) is 18.5 Å². The van der Waals surface area contributed by atoms with Crippen molar-refractivity contribution in [2.45, 2.75) is 77.9 Å². The molecule has 0 aliphatic rings. The van der Waals surface area contributed by atoms with E-state index in [2.05, 4.69) is 6.58 Å². The molecule has 0 bridgehead atoms. The first-order valence-electron chi connectivity index (χ1n) is 17.6. The van der Waals surface area contributed by atoms with E-state index >= 15 is 4.79 Å². The topological polar surface area (TPSA) is 179 Å². The van der Waals surface area contributed by atoms with Crippen LogP contribution < -0.4 is 41.6 Å². The number of hydrogen-bond donors (Lipinski definition) is 3. The molecule has 0 fully saturated rings. The Labute approximate surface area is 331 Å². The number of esters is 2. The highest BCUT2D eigenvalue weighted by Gasteiger charge is 2.29. The zero-order valence-corrected chi connectivity index (χ0v) is 35.1. The molecule has 0 aliphatic carbocycles. The first-order chi connectivity index (χ1) is 25.7. The van der Waals surface area contributed by atoms with Crippen molar-refractivity contribution in [1.82, 2.24) is 0 Å². The van der Waals surface area contributed by atoms with Gasteiger partial charge in [0.2, 0.25) is 5.43 Å². The number of benzene rings is 2. The molecule has 0 radical (unpaired) electrons. The third-order valence-electron chi connectivity index (χ3n) is 8.49. The summed E-state index contributed by atoms with van der Waals surface area (Å²) in [7, 11) is 1.44. The fourth-order valence-corrected chi connectivity index (χ4v) is 6.87. The molecule has 1 heterocycles. The zero-order chi connectivity index (χ0) is 40.1. The fourth-order valence-electron chi connectivity index (χ4n) is 5.40. The normalized spacial score (nSPS) is 12.9. The van der Waals surface area contributed by atoms with Crippen LogP contribution in [0.2, 0.25) is 0 Å². The maximum Gasteiger partial charge on any atom is 0.328 e. The standard InChI is InChI=1S/C40H55N3O8S3/c1-22(2)10-12-25-30(50-39(45)28(42)15-18-53-8)20-32-35(38(25)48-24(5)27(41)14-17-52-7)36(44)34-26(13-11-23(3)4)37(47-6)33(21-31(34)49-32)51-40(46)29(43)16-19-54-9/h10-11,20-21,27-29H,5,12-19,41-43H2,1-4,6-9H3/t27-,28-,29-/m0/s1. The fraction of sp³-hybridized carbons (Fsp3) is 0.475. The minimum atomic E-state index is -0.892. The third-order valence-corrected chi connectivity index (χ3v) is 10.4. The zero-order valence-electron chi connectivity index (χ0n) is 32.6. The molecule has 0 unspecified atom stereocenters. The Bertz CT molecular complexity index is 1930. The summed E-state index contributed by atoms with van der Waals surface area (Å²) in [5.41, 5.74) is 21.5. The number of methoxy groups -OCH3 is 1. The predicted octanol–water partition coefficient (Wildman–Crippen LogP) is 6.92. The Kier molecular flexibility index (Phi) is 18.0. The van der Waals surface area contributed by atoms with Gasteiger partial charge in [0, 0.05) is 23.3 Å². The van der Waals surface area contributed by atoms with Gasteiger partial charge in [0.15, 0.2) is 11.5 Å². The molecule has 1 aromatic heterocycles. The molecule has 11 nitrogen and oxygen atoms in total. The second kappa shape index (κ2) is 21.6. The Hall–Kier alpha value is -3.40. The highest BCUT2D eigenvalue weighted by atomic mass is 32.2. The monoisotopic (exact) mass is 801 g/mol. The maximum absolute atomic E-state index is 15.0. The van der Waals surface area contributed by atoms with E-state index in [0.29, 0.717) is 41.9 Å². The summed E-state index contributed by atoms with van der Waals surface area (Å²) in [6, 6.07) is 0.611. The minimum Gasteiger partial charge on any atom is -0.493 e. The summed E-state index contributed by atoms with van der Waals surface area (Å²) in [5, 5.41) is 0.288. The van der Waals surface area contributed by atoms with E-state index in [1.165, 1.54) is 19.2 Å². The SMILES string of the molecule is C=C(Oc1c(CC=C(C)C)c(OC(=O)[C@@H](N)CCSC)cc2oc3cc(OC(=O)[C@@H](N)CCSC)c(OC)c(CC=C(C)C)c3c(=O)c12)[C@@H](N)CCSC. The molecule has 2 aromatic carbocycles. The highest BCUT2D eigenvalue weighted by molar-refractivity contribution is 7.98. The summed E-state index contributed by atoms with van der Waals surface area (Å²) in [6.45, 7) is 11.9. The predicted molar refractivity (Wildman–Crippen MR) is 227 cm³/mol. The van der Waals surface area contributed by atoms with Gasteiger partial charge >= 0.3 is 11.9 Å². The summed E-state index contributed by atoms with van der Waals surface area (Å²) in [6.07, 6.45) is 11.6. The number of rotatable bonds is 21. The molecule has 3 atom stereocenters. The highest BCUT2D eigenvalue weighted by Crippen LogP contribution is 2.43. The van der Waals surface area contributed by atoms with E-state index < -0.39 is 35.5 Å². The number of carbonyl (C=O) groups is 2. The third kappa shape index (κ3) is 11.8. The molecule has 3 rings (SSSR count). The number of nitrogens with two attached hydrogens (primary N) is 3. The van der Waals surface area contributed by atoms with Gasteiger partial charge in [-0.1, -0.05) is 29.9 Å². The Morgan fingerprint density at radius 2 is 1.19 bits per heavy atom. The summed E-state index contributed by atoms with van der Waals surface area (Å²) >= 11 is 4.77. The molecular formula is C40H55N3O8S3. The summed E-state index contributed by atoms with van der Waals surface area (Å²) < 4.78 is 30.6. The molecule has 54 heavy (non-hydrogen) atoms. The van der Waals surface area contributed by atoms with Crippen molar-refractivity contribution in [2.24, 2.45) is 17.2 Å². The van der Waals surface area contributed by atoms with Crippen LogP contribution in [-0.4, -0.2) is 73.2 Å². The largest absolute Gasteiger partial charge is 0.493 e. The van der Waals surface area contributed by atoms with E-state index in [0.717, 1.165) is 16.9 Å². The van der Waals surface area contributed by atoms with E-state index in [-0.39, 0.29) is 63.5 Å². The Morgan fingerprint density at radius 1 is 0.722 bits per heavy atom. The van der Waals surface area contributed by atoms with Gasteiger partial charge in [0.1, 0.15) is 45.9 Å². The summed E-state index contributed by atoms with van der Waals surface area (Å²) in [4.78, 5) is 41.5. The molecule has 3 aromatic rings. The molecular weight excluding hydrogens is 747 g/mol. The first-order valence-corrected chi connectivity index (χ1v) is 21.8. The molecule has 14 heteroatoms. The van der Waals surface area contributed by atoms with Gasteiger partial charge in [-0.15, -0.1) is 0 Å². The van der Waals surface area contributed by atoms with Crippen LogP contribution in [0.25, 0.3) is 21.9 Å². The van der Waals surface area contributed by atoms with Gasteiger partial charge in [-0.2, -0.15) is 35.3 Å². The number of carbonyl (C=O) groups excluding carboxylic acids is 2. The van der Waals surface area contributed by atoms with E-state index in [4.69, 9.17) is 40.6 Å². The van der Waals surface area contributed by atoms with Crippen LogP contribution in [0.1, 0.15) is 58.1 Å². The van der Waals surface area contributed by atoms with Crippen molar-refractivity contribution in [3.8, 4) is 23.0 Å². The average Bonchev–Trinajstić information content (AvgIpc) is 3.12. The Balaban J connectivity index is 2.50. The number of ether oxygens (including phenoxy) is 4. The van der Waals surface area contributed by atoms with Crippen molar-refractivity contribution in [1.29, 1.82) is 0 Å². The van der Waals surface area contributed by atoms with Crippen LogP contribution in [-0.2, 0) is 22.4 Å². The van der Waals surface area contributed by atoms with Crippen molar-refractivity contribution in [3.05, 3.63) is 69.1 Å². The molecule has 0 saturated heterocycles. The number of hydrogen-bond acceptors (Lipinski definition) is 14. The molecule has 0 aliphatic heterocycles.